The molecule has 2 aromatic rings. The van der Waals surface area contributed by atoms with Gasteiger partial charge < -0.3 is 5.32 Å². The summed E-state index contributed by atoms with van der Waals surface area (Å²) >= 11 is 7.65. The summed E-state index contributed by atoms with van der Waals surface area (Å²) in [7, 11) is 0. The van der Waals surface area contributed by atoms with Crippen molar-refractivity contribution >= 4 is 40.8 Å². The van der Waals surface area contributed by atoms with E-state index in [9.17, 15) is 4.79 Å². The van der Waals surface area contributed by atoms with Gasteiger partial charge >= 0.3 is 6.03 Å². The van der Waals surface area contributed by atoms with Crippen molar-refractivity contribution in [1.82, 2.24) is 4.98 Å². The van der Waals surface area contributed by atoms with Crippen molar-refractivity contribution in [2.75, 3.05) is 22.5 Å². The number of rotatable bonds is 1. The molecule has 1 N–H and O–H groups in total. The summed E-state index contributed by atoms with van der Waals surface area (Å²) in [5.74, 6) is 0.839. The van der Waals surface area contributed by atoms with E-state index in [0.29, 0.717) is 17.3 Å². The van der Waals surface area contributed by atoms with Gasteiger partial charge in [0, 0.05) is 28.7 Å². The second-order valence-corrected chi connectivity index (χ2v) is 6.69. The van der Waals surface area contributed by atoms with Gasteiger partial charge in [0.15, 0.2) is 0 Å². The lowest BCUT2D eigenvalue weighted by molar-refractivity contribution is 0.257. The lowest BCUT2D eigenvalue weighted by Crippen LogP contribution is -2.39. The number of hydrogen-bond donors (Lipinski definition) is 1. The van der Waals surface area contributed by atoms with Crippen molar-refractivity contribution in [1.29, 1.82) is 0 Å². The van der Waals surface area contributed by atoms with Crippen LogP contribution in [0.2, 0.25) is 5.02 Å². The lowest BCUT2D eigenvalue weighted by Gasteiger charge is -2.30. The van der Waals surface area contributed by atoms with Gasteiger partial charge in [0.25, 0.3) is 0 Å². The summed E-state index contributed by atoms with van der Waals surface area (Å²) in [6.45, 7) is 4.65. The van der Waals surface area contributed by atoms with Crippen LogP contribution in [0.4, 0.5) is 16.2 Å². The Morgan fingerprint density at radius 1 is 1.36 bits per heavy atom. The van der Waals surface area contributed by atoms with E-state index in [-0.39, 0.29) is 6.03 Å². The third-order valence-electron chi connectivity index (χ3n) is 3.42. The first kappa shape index (κ1) is 15.2. The van der Waals surface area contributed by atoms with E-state index in [1.165, 1.54) is 0 Å². The average molecular weight is 334 g/mol. The minimum atomic E-state index is -0.155. The third kappa shape index (κ3) is 3.05. The zero-order valence-electron chi connectivity index (χ0n) is 12.4. The molecule has 0 saturated heterocycles. The van der Waals surface area contributed by atoms with Crippen LogP contribution in [-0.2, 0) is 0 Å². The number of pyridine rings is 1. The summed E-state index contributed by atoms with van der Waals surface area (Å²) in [5.41, 5.74) is 3.63. The molecule has 2 amide bonds. The van der Waals surface area contributed by atoms with E-state index < -0.39 is 0 Å². The maximum absolute atomic E-state index is 12.6. The first-order valence-electron chi connectivity index (χ1n) is 7.00. The highest BCUT2D eigenvalue weighted by Gasteiger charge is 2.26. The van der Waals surface area contributed by atoms with Crippen LogP contribution in [0.5, 0.6) is 0 Å². The number of halogens is 1. The molecule has 1 aliphatic rings. The quantitative estimate of drug-likeness (QED) is 0.836. The fourth-order valence-corrected chi connectivity index (χ4v) is 3.80. The molecule has 0 atom stereocenters. The number of amides is 2. The van der Waals surface area contributed by atoms with Crippen LogP contribution in [-0.4, -0.2) is 23.3 Å². The Bertz CT molecular complexity index is 735. The van der Waals surface area contributed by atoms with E-state index in [2.05, 4.69) is 10.3 Å². The molecule has 3 rings (SSSR count). The number of benzene rings is 1. The van der Waals surface area contributed by atoms with E-state index in [1.807, 2.05) is 32.0 Å². The van der Waals surface area contributed by atoms with Crippen molar-refractivity contribution in [3.8, 4) is 0 Å². The molecule has 0 bridgehead atoms. The smallest absolute Gasteiger partial charge is 0.307 e. The second kappa shape index (κ2) is 6.18. The standard InChI is InChI=1S/C16H16ClN3OS/c1-10-8-11(2)18-15-14(10)20(6-7-22-15)16(21)19-13-5-3-4-12(17)9-13/h3-5,8-9H,6-7H2,1-2H3,(H,19,21). The molecule has 0 fully saturated rings. The number of hydrogen-bond acceptors (Lipinski definition) is 3. The molecular weight excluding hydrogens is 318 g/mol. The molecule has 1 aromatic heterocycles. The molecule has 114 valence electrons. The van der Waals surface area contributed by atoms with E-state index in [4.69, 9.17) is 11.6 Å². The maximum Gasteiger partial charge on any atom is 0.326 e. The largest absolute Gasteiger partial charge is 0.326 e. The van der Waals surface area contributed by atoms with Gasteiger partial charge in [-0.25, -0.2) is 9.78 Å². The normalized spacial score (nSPS) is 13.7. The van der Waals surface area contributed by atoms with E-state index >= 15 is 0 Å². The summed E-state index contributed by atoms with van der Waals surface area (Å²) in [6.07, 6.45) is 0. The number of thioether (sulfide) groups is 1. The zero-order valence-corrected chi connectivity index (χ0v) is 14.0. The van der Waals surface area contributed by atoms with Crippen LogP contribution < -0.4 is 10.2 Å². The number of nitrogens with zero attached hydrogens (tertiary/aromatic N) is 2. The number of carbonyl (C=O) groups excluding carboxylic acids is 1. The number of fused-ring (bicyclic) bond motifs is 1. The SMILES string of the molecule is Cc1cc(C)c2c(n1)SCCN2C(=O)Nc1cccc(Cl)c1. The maximum atomic E-state index is 12.6. The molecule has 0 unspecified atom stereocenters. The van der Waals surface area contributed by atoms with Crippen LogP contribution in [0.25, 0.3) is 0 Å². The molecule has 0 radical (unpaired) electrons. The minimum Gasteiger partial charge on any atom is -0.307 e. The van der Waals surface area contributed by atoms with Gasteiger partial charge in [-0.3, -0.25) is 4.90 Å². The Morgan fingerprint density at radius 3 is 2.95 bits per heavy atom. The Hall–Kier alpha value is -1.72. The zero-order chi connectivity index (χ0) is 15.7. The van der Waals surface area contributed by atoms with Crippen molar-refractivity contribution in [2.24, 2.45) is 0 Å². The molecule has 0 spiro atoms. The highest BCUT2D eigenvalue weighted by Crippen LogP contribution is 2.36. The van der Waals surface area contributed by atoms with Crippen LogP contribution >= 0.6 is 23.4 Å². The molecule has 1 aromatic carbocycles. The summed E-state index contributed by atoms with van der Waals surface area (Å²) in [4.78, 5) is 18.9. The van der Waals surface area contributed by atoms with Gasteiger partial charge in [-0.15, -0.1) is 11.8 Å². The van der Waals surface area contributed by atoms with Gasteiger partial charge in [0.1, 0.15) is 5.03 Å². The molecule has 0 aliphatic carbocycles. The topological polar surface area (TPSA) is 45.2 Å². The second-order valence-electron chi connectivity index (χ2n) is 5.17. The van der Waals surface area contributed by atoms with E-state index in [0.717, 1.165) is 27.7 Å². The number of carbonyl (C=O) groups is 1. The molecule has 4 nitrogen and oxygen atoms in total. The third-order valence-corrected chi connectivity index (χ3v) is 4.60. The summed E-state index contributed by atoms with van der Waals surface area (Å²) < 4.78 is 0. The fraction of sp³-hybridized carbons (Fsp3) is 0.250. The van der Waals surface area contributed by atoms with Crippen molar-refractivity contribution < 1.29 is 4.79 Å². The van der Waals surface area contributed by atoms with Crippen molar-refractivity contribution in [2.45, 2.75) is 18.9 Å². The number of nitrogens with one attached hydrogen (secondary N) is 1. The van der Waals surface area contributed by atoms with Crippen molar-refractivity contribution in [3.05, 3.63) is 46.6 Å². The van der Waals surface area contributed by atoms with E-state index in [1.54, 1.807) is 28.8 Å². The van der Waals surface area contributed by atoms with Gasteiger partial charge in [-0.2, -0.15) is 0 Å². The summed E-state index contributed by atoms with van der Waals surface area (Å²) in [5, 5.41) is 4.42. The Morgan fingerprint density at radius 2 is 2.18 bits per heavy atom. The monoisotopic (exact) mass is 333 g/mol. The molecule has 22 heavy (non-hydrogen) atoms. The molecule has 6 heteroatoms. The molecule has 0 saturated carbocycles. The minimum absolute atomic E-state index is 0.155. The van der Waals surface area contributed by atoms with Crippen molar-refractivity contribution in [3.63, 3.8) is 0 Å². The average Bonchev–Trinajstić information content (AvgIpc) is 2.46. The Balaban J connectivity index is 1.89. The van der Waals surface area contributed by atoms with Crippen LogP contribution in [0.1, 0.15) is 11.3 Å². The van der Waals surface area contributed by atoms with Gasteiger partial charge in [-0.1, -0.05) is 17.7 Å². The first-order valence-corrected chi connectivity index (χ1v) is 8.36. The predicted octanol–water partition coefficient (Wildman–Crippen LogP) is 4.50. The van der Waals surface area contributed by atoms with Crippen LogP contribution in [0.3, 0.4) is 0 Å². The number of urea groups is 1. The van der Waals surface area contributed by atoms with Gasteiger partial charge in [0.05, 0.1) is 5.69 Å². The number of aryl methyl sites for hydroxylation is 2. The molecule has 2 heterocycles. The van der Waals surface area contributed by atoms with Gasteiger partial charge in [-0.05, 0) is 43.7 Å². The molecule has 1 aliphatic heterocycles. The predicted molar refractivity (Wildman–Crippen MR) is 92.3 cm³/mol. The molecular formula is C16H16ClN3OS. The summed E-state index contributed by atoms with van der Waals surface area (Å²) in [6, 6.07) is 9.00. The highest BCUT2D eigenvalue weighted by molar-refractivity contribution is 7.99. The van der Waals surface area contributed by atoms with Crippen LogP contribution in [0.15, 0.2) is 35.4 Å². The first-order chi connectivity index (χ1) is 10.5. The van der Waals surface area contributed by atoms with Gasteiger partial charge in [0.2, 0.25) is 0 Å². The Kier molecular flexibility index (Phi) is 4.27. The lowest BCUT2D eigenvalue weighted by atomic mass is 10.2. The number of anilines is 2. The highest BCUT2D eigenvalue weighted by atomic mass is 35.5. The fourth-order valence-electron chi connectivity index (χ4n) is 2.53. The Labute approximate surface area is 138 Å². The number of aromatic nitrogens is 1. The van der Waals surface area contributed by atoms with Crippen LogP contribution in [0, 0.1) is 13.8 Å².